The van der Waals surface area contributed by atoms with Crippen LogP contribution in [0.2, 0.25) is 0 Å². The van der Waals surface area contributed by atoms with Crippen molar-refractivity contribution in [2.75, 3.05) is 0 Å². The second-order valence-corrected chi connectivity index (χ2v) is 5.16. The average molecular weight is 288 g/mol. The summed E-state index contributed by atoms with van der Waals surface area (Å²) in [6.45, 7) is 0.530. The lowest BCUT2D eigenvalue weighted by Gasteiger charge is -1.94. The van der Waals surface area contributed by atoms with Gasteiger partial charge in [-0.15, -0.1) is 16.4 Å². The van der Waals surface area contributed by atoms with Crippen LogP contribution in [0, 0.1) is 0 Å². The van der Waals surface area contributed by atoms with Gasteiger partial charge in [0.25, 0.3) is 0 Å². The predicted octanol–water partition coefficient (Wildman–Crippen LogP) is 1.85. The topological polar surface area (TPSA) is 68.0 Å². The van der Waals surface area contributed by atoms with Gasteiger partial charge in [-0.1, -0.05) is 5.21 Å². The fourth-order valence-corrected chi connectivity index (χ4v) is 2.29. The van der Waals surface area contributed by atoms with E-state index in [1.54, 1.807) is 11.3 Å². The smallest absolute Gasteiger partial charge is 0.358 e. The van der Waals surface area contributed by atoms with Crippen LogP contribution in [0.15, 0.2) is 21.4 Å². The molecule has 0 bridgehead atoms. The summed E-state index contributed by atoms with van der Waals surface area (Å²) < 4.78 is 2.54. The van der Waals surface area contributed by atoms with Crippen LogP contribution >= 0.6 is 27.3 Å². The molecule has 0 aromatic carbocycles. The van der Waals surface area contributed by atoms with E-state index in [2.05, 4.69) is 26.2 Å². The first-order valence-electron chi connectivity index (χ1n) is 4.01. The third-order valence-corrected chi connectivity index (χ3v) is 3.28. The van der Waals surface area contributed by atoms with E-state index in [1.807, 2.05) is 11.4 Å². The zero-order valence-electron chi connectivity index (χ0n) is 7.42. The number of halogens is 1. The summed E-state index contributed by atoms with van der Waals surface area (Å²) in [6, 6.07) is 1.97. The molecule has 2 aromatic heterocycles. The van der Waals surface area contributed by atoms with Gasteiger partial charge in [-0.2, -0.15) is 0 Å². The van der Waals surface area contributed by atoms with E-state index in [-0.39, 0.29) is 5.69 Å². The van der Waals surface area contributed by atoms with Gasteiger partial charge in [-0.3, -0.25) is 0 Å². The number of aromatic nitrogens is 3. The van der Waals surface area contributed by atoms with Crippen molar-refractivity contribution < 1.29 is 9.90 Å². The first kappa shape index (κ1) is 10.3. The molecule has 0 unspecified atom stereocenters. The number of aromatic carboxylic acids is 1. The van der Waals surface area contributed by atoms with Crippen LogP contribution < -0.4 is 0 Å². The Bertz CT molecular complexity index is 494. The molecule has 5 nitrogen and oxygen atoms in total. The standard InChI is InChI=1S/C8H6BrN3O2S/c9-7-1-5(4-15-7)2-12-3-6(8(13)14)10-11-12/h1,3-4H,2H2,(H,13,14). The summed E-state index contributed by atoms with van der Waals surface area (Å²) in [6.07, 6.45) is 1.41. The molecule has 1 N–H and O–H groups in total. The Balaban J connectivity index is 2.14. The van der Waals surface area contributed by atoms with Crippen LogP contribution in [0.1, 0.15) is 16.1 Å². The number of carbonyl (C=O) groups is 1. The Labute approximate surface area is 97.5 Å². The minimum Gasteiger partial charge on any atom is -0.476 e. The molecule has 2 aromatic rings. The molecule has 0 fully saturated rings. The Morgan fingerprint density at radius 1 is 1.67 bits per heavy atom. The summed E-state index contributed by atoms with van der Waals surface area (Å²) in [5.41, 5.74) is 1.03. The molecule has 0 aliphatic rings. The summed E-state index contributed by atoms with van der Waals surface area (Å²) in [4.78, 5) is 10.5. The van der Waals surface area contributed by atoms with Crippen LogP contribution in [0.25, 0.3) is 0 Å². The van der Waals surface area contributed by atoms with Crippen molar-refractivity contribution in [3.8, 4) is 0 Å². The second kappa shape index (κ2) is 4.11. The number of hydrogen-bond acceptors (Lipinski definition) is 4. The summed E-state index contributed by atoms with van der Waals surface area (Å²) in [5.74, 6) is -1.06. The van der Waals surface area contributed by atoms with E-state index < -0.39 is 5.97 Å². The molecule has 0 aliphatic carbocycles. The lowest BCUT2D eigenvalue weighted by Crippen LogP contribution is -1.99. The first-order valence-corrected chi connectivity index (χ1v) is 5.69. The molecule has 2 heterocycles. The molecule has 15 heavy (non-hydrogen) atoms. The van der Waals surface area contributed by atoms with Gasteiger partial charge in [0.05, 0.1) is 16.5 Å². The fourth-order valence-electron chi connectivity index (χ4n) is 1.09. The van der Waals surface area contributed by atoms with Crippen molar-refractivity contribution in [3.63, 3.8) is 0 Å². The third kappa shape index (κ3) is 2.42. The molecule has 78 valence electrons. The highest BCUT2D eigenvalue weighted by Gasteiger charge is 2.08. The summed E-state index contributed by atoms with van der Waals surface area (Å²) >= 11 is 4.93. The van der Waals surface area contributed by atoms with Gasteiger partial charge < -0.3 is 5.11 Å². The van der Waals surface area contributed by atoms with Crippen LogP contribution in [0.4, 0.5) is 0 Å². The second-order valence-electron chi connectivity index (χ2n) is 2.87. The molecule has 0 radical (unpaired) electrons. The molecular weight excluding hydrogens is 282 g/mol. The summed E-state index contributed by atoms with van der Waals surface area (Å²) in [7, 11) is 0. The average Bonchev–Trinajstić information content (AvgIpc) is 2.76. The van der Waals surface area contributed by atoms with E-state index >= 15 is 0 Å². The molecular formula is C8H6BrN3O2S. The van der Waals surface area contributed by atoms with Crippen LogP contribution in [-0.2, 0) is 6.54 Å². The van der Waals surface area contributed by atoms with Crippen LogP contribution in [-0.4, -0.2) is 26.1 Å². The Hall–Kier alpha value is -1.21. The van der Waals surface area contributed by atoms with Crippen molar-refractivity contribution in [3.05, 3.63) is 32.7 Å². The lowest BCUT2D eigenvalue weighted by molar-refractivity contribution is 0.0690. The maximum atomic E-state index is 10.5. The highest BCUT2D eigenvalue weighted by atomic mass is 79.9. The predicted molar refractivity (Wildman–Crippen MR) is 58.1 cm³/mol. The van der Waals surface area contributed by atoms with E-state index in [0.717, 1.165) is 9.35 Å². The van der Waals surface area contributed by atoms with Crippen LogP contribution in [0.5, 0.6) is 0 Å². The maximum absolute atomic E-state index is 10.5. The van der Waals surface area contributed by atoms with Crippen molar-refractivity contribution in [1.29, 1.82) is 0 Å². The molecule has 2 rings (SSSR count). The summed E-state index contributed by atoms with van der Waals surface area (Å²) in [5, 5.41) is 17.9. The monoisotopic (exact) mass is 287 g/mol. The third-order valence-electron chi connectivity index (χ3n) is 1.72. The normalized spacial score (nSPS) is 10.5. The number of nitrogens with zero attached hydrogens (tertiary/aromatic N) is 3. The van der Waals surface area contributed by atoms with Gasteiger partial charge in [-0.25, -0.2) is 9.48 Å². The van der Waals surface area contributed by atoms with Crippen molar-refractivity contribution in [1.82, 2.24) is 15.0 Å². The van der Waals surface area contributed by atoms with Crippen molar-refractivity contribution >= 4 is 33.2 Å². The van der Waals surface area contributed by atoms with Gasteiger partial charge >= 0.3 is 5.97 Å². The lowest BCUT2D eigenvalue weighted by atomic mass is 10.3. The van der Waals surface area contributed by atoms with Crippen molar-refractivity contribution in [2.45, 2.75) is 6.54 Å². The van der Waals surface area contributed by atoms with Crippen LogP contribution in [0.3, 0.4) is 0 Å². The molecule has 0 aliphatic heterocycles. The zero-order chi connectivity index (χ0) is 10.8. The van der Waals surface area contributed by atoms with Gasteiger partial charge in [-0.05, 0) is 32.9 Å². The number of thiophene rings is 1. The highest BCUT2D eigenvalue weighted by Crippen LogP contribution is 2.21. The number of hydrogen-bond donors (Lipinski definition) is 1. The Kier molecular flexibility index (Phi) is 2.83. The molecule has 0 amide bonds. The van der Waals surface area contributed by atoms with Gasteiger partial charge in [0.15, 0.2) is 5.69 Å². The Morgan fingerprint density at radius 3 is 3.00 bits per heavy atom. The maximum Gasteiger partial charge on any atom is 0.358 e. The van der Waals surface area contributed by atoms with Gasteiger partial charge in [0.2, 0.25) is 0 Å². The molecule has 0 saturated carbocycles. The largest absolute Gasteiger partial charge is 0.476 e. The minimum atomic E-state index is -1.06. The number of rotatable bonds is 3. The van der Waals surface area contributed by atoms with E-state index in [9.17, 15) is 4.79 Å². The SMILES string of the molecule is O=C(O)c1cn(Cc2csc(Br)c2)nn1. The minimum absolute atomic E-state index is 0.0377. The molecule has 0 spiro atoms. The highest BCUT2D eigenvalue weighted by molar-refractivity contribution is 9.11. The van der Waals surface area contributed by atoms with E-state index in [1.165, 1.54) is 10.9 Å². The fraction of sp³-hybridized carbons (Fsp3) is 0.125. The first-order chi connectivity index (χ1) is 7.15. The molecule has 0 saturated heterocycles. The quantitative estimate of drug-likeness (QED) is 0.935. The molecule has 0 atom stereocenters. The van der Waals surface area contributed by atoms with E-state index in [0.29, 0.717) is 6.54 Å². The van der Waals surface area contributed by atoms with E-state index in [4.69, 9.17) is 5.11 Å². The Morgan fingerprint density at radius 2 is 2.47 bits per heavy atom. The van der Waals surface area contributed by atoms with Gasteiger partial charge in [0, 0.05) is 0 Å². The van der Waals surface area contributed by atoms with Crippen molar-refractivity contribution in [2.24, 2.45) is 0 Å². The van der Waals surface area contributed by atoms with Gasteiger partial charge in [0.1, 0.15) is 0 Å². The number of carboxylic acids is 1. The zero-order valence-corrected chi connectivity index (χ0v) is 9.82. The molecule has 7 heteroatoms. The number of carboxylic acid groups (broad SMARTS) is 1.